The maximum Gasteiger partial charge on any atom is 0.490 e. The molecule has 0 saturated heterocycles. The number of carbonyl (C=O) groups is 2. The summed E-state index contributed by atoms with van der Waals surface area (Å²) in [5.41, 5.74) is 2.24. The normalized spacial score (nSPS) is 15.4. The third-order valence-electron chi connectivity index (χ3n) is 4.61. The first-order valence-electron chi connectivity index (χ1n) is 9.90. The minimum absolute atomic E-state index is 0.00253. The summed E-state index contributed by atoms with van der Waals surface area (Å²) >= 11 is 0. The van der Waals surface area contributed by atoms with Crippen molar-refractivity contribution in [3.8, 4) is 5.75 Å². The molecule has 12 heteroatoms. The summed E-state index contributed by atoms with van der Waals surface area (Å²) in [5.74, 6) is -1.95. The van der Waals surface area contributed by atoms with E-state index in [9.17, 15) is 18.0 Å². The lowest BCUT2D eigenvalue weighted by Gasteiger charge is -2.33. The highest BCUT2D eigenvalue weighted by molar-refractivity contribution is 5.77. The second-order valence-corrected chi connectivity index (χ2v) is 6.77. The fraction of sp³-hybridized carbons (Fsp3) is 0.500. The molecule has 1 N–H and O–H groups in total. The Labute approximate surface area is 182 Å². The predicted molar refractivity (Wildman–Crippen MR) is 106 cm³/mol. The number of carbonyl (C=O) groups excluding carboxylic acids is 1. The molecule has 2 aromatic heterocycles. The Kier molecular flexibility index (Phi) is 9.00. The molecule has 32 heavy (non-hydrogen) atoms. The SMILES string of the molecule is CCOCC(=O)N1Cc2c(cnn2CC)C(COc2cccnc2)C1.O=C(O)C(F)(F)F. The number of rotatable bonds is 7. The average Bonchev–Trinajstić information content (AvgIpc) is 3.19. The number of hydrogen-bond acceptors (Lipinski definition) is 6. The van der Waals surface area contributed by atoms with Gasteiger partial charge in [0.05, 0.1) is 31.2 Å². The van der Waals surface area contributed by atoms with Crippen molar-refractivity contribution in [1.29, 1.82) is 0 Å². The minimum atomic E-state index is -5.08. The van der Waals surface area contributed by atoms with Crippen LogP contribution in [0.3, 0.4) is 0 Å². The van der Waals surface area contributed by atoms with Crippen molar-refractivity contribution in [2.45, 2.75) is 39.0 Å². The summed E-state index contributed by atoms with van der Waals surface area (Å²) < 4.78 is 44.9. The van der Waals surface area contributed by atoms with Gasteiger partial charge < -0.3 is 19.5 Å². The van der Waals surface area contributed by atoms with E-state index in [0.29, 0.717) is 26.3 Å². The summed E-state index contributed by atoms with van der Waals surface area (Å²) in [5, 5.41) is 11.6. The Morgan fingerprint density at radius 3 is 2.56 bits per heavy atom. The lowest BCUT2D eigenvalue weighted by atomic mass is 9.95. The first-order chi connectivity index (χ1) is 15.2. The van der Waals surface area contributed by atoms with Gasteiger partial charge in [-0.05, 0) is 26.0 Å². The largest absolute Gasteiger partial charge is 0.491 e. The molecule has 0 spiro atoms. The van der Waals surface area contributed by atoms with Crippen LogP contribution in [-0.4, -0.2) is 69.2 Å². The van der Waals surface area contributed by atoms with E-state index in [1.54, 1.807) is 12.4 Å². The lowest BCUT2D eigenvalue weighted by molar-refractivity contribution is -0.192. The number of pyridine rings is 1. The van der Waals surface area contributed by atoms with Crippen molar-refractivity contribution in [3.05, 3.63) is 42.0 Å². The van der Waals surface area contributed by atoms with E-state index < -0.39 is 12.1 Å². The molecule has 1 amide bonds. The van der Waals surface area contributed by atoms with Gasteiger partial charge in [-0.25, -0.2) is 4.79 Å². The quantitative estimate of drug-likeness (QED) is 0.679. The summed E-state index contributed by atoms with van der Waals surface area (Å²) in [4.78, 5) is 27.2. The average molecular weight is 458 g/mol. The number of aromatic nitrogens is 3. The number of hydrogen-bond donors (Lipinski definition) is 1. The molecule has 1 aliphatic heterocycles. The molecular weight excluding hydrogens is 433 g/mol. The number of aliphatic carboxylic acids is 1. The van der Waals surface area contributed by atoms with Crippen LogP contribution >= 0.6 is 0 Å². The van der Waals surface area contributed by atoms with Crippen LogP contribution in [0.5, 0.6) is 5.75 Å². The van der Waals surface area contributed by atoms with E-state index in [4.69, 9.17) is 19.4 Å². The smallest absolute Gasteiger partial charge is 0.490 e. The number of amides is 1. The minimum Gasteiger partial charge on any atom is -0.491 e. The molecule has 176 valence electrons. The third-order valence-corrected chi connectivity index (χ3v) is 4.61. The number of ether oxygens (including phenoxy) is 2. The molecular formula is C20H25F3N4O5. The zero-order valence-electron chi connectivity index (χ0n) is 17.7. The molecule has 0 saturated carbocycles. The zero-order valence-corrected chi connectivity index (χ0v) is 17.7. The van der Waals surface area contributed by atoms with Crippen LogP contribution in [0.4, 0.5) is 13.2 Å². The van der Waals surface area contributed by atoms with Gasteiger partial charge in [-0.2, -0.15) is 18.3 Å². The van der Waals surface area contributed by atoms with Crippen LogP contribution in [0, 0.1) is 0 Å². The molecule has 0 bridgehead atoms. The topological polar surface area (TPSA) is 107 Å². The van der Waals surface area contributed by atoms with Crippen molar-refractivity contribution in [1.82, 2.24) is 19.7 Å². The highest BCUT2D eigenvalue weighted by Gasteiger charge is 2.38. The van der Waals surface area contributed by atoms with E-state index in [1.165, 1.54) is 0 Å². The first kappa shape index (κ1) is 25.1. The van der Waals surface area contributed by atoms with Gasteiger partial charge in [-0.3, -0.25) is 14.5 Å². The second-order valence-electron chi connectivity index (χ2n) is 6.77. The van der Waals surface area contributed by atoms with Crippen LogP contribution in [0.25, 0.3) is 0 Å². The molecule has 0 radical (unpaired) electrons. The van der Waals surface area contributed by atoms with Gasteiger partial charge in [0.25, 0.3) is 0 Å². The van der Waals surface area contributed by atoms with Crippen molar-refractivity contribution >= 4 is 11.9 Å². The number of aryl methyl sites for hydroxylation is 1. The fourth-order valence-electron chi connectivity index (χ4n) is 3.06. The summed E-state index contributed by atoms with van der Waals surface area (Å²) in [7, 11) is 0. The van der Waals surface area contributed by atoms with Crippen molar-refractivity contribution in [2.75, 3.05) is 26.4 Å². The highest BCUT2D eigenvalue weighted by Crippen LogP contribution is 2.29. The summed E-state index contributed by atoms with van der Waals surface area (Å²) in [6.07, 6.45) is 0.225. The molecule has 2 aromatic rings. The highest BCUT2D eigenvalue weighted by atomic mass is 19.4. The predicted octanol–water partition coefficient (Wildman–Crippen LogP) is 2.47. The Morgan fingerprint density at radius 1 is 1.28 bits per heavy atom. The van der Waals surface area contributed by atoms with Gasteiger partial charge in [-0.1, -0.05) is 0 Å². The molecule has 1 aliphatic rings. The molecule has 1 unspecified atom stereocenters. The van der Waals surface area contributed by atoms with Gasteiger partial charge in [0.1, 0.15) is 12.4 Å². The van der Waals surface area contributed by atoms with E-state index in [0.717, 1.165) is 23.6 Å². The number of carboxylic acids is 1. The van der Waals surface area contributed by atoms with Gasteiger partial charge in [0.2, 0.25) is 5.91 Å². The van der Waals surface area contributed by atoms with E-state index in [2.05, 4.69) is 17.0 Å². The standard InChI is InChI=1S/C18H24N4O3.C2HF3O2/c1-3-22-17-11-21(18(23)13-24-4-2)10-14(16(17)9-20-22)12-25-15-6-5-7-19-8-15;3-2(4,5)1(6)7/h5-9,14H,3-4,10-13H2,1-2H3;(H,6,7). The van der Waals surface area contributed by atoms with Crippen LogP contribution in [0.15, 0.2) is 30.7 Å². The van der Waals surface area contributed by atoms with E-state index in [-0.39, 0.29) is 18.4 Å². The Balaban J connectivity index is 0.000000451. The van der Waals surface area contributed by atoms with Gasteiger partial charge in [0, 0.05) is 37.4 Å². The monoisotopic (exact) mass is 458 g/mol. The number of carboxylic acid groups (broad SMARTS) is 1. The second kappa shape index (κ2) is 11.5. The molecule has 3 rings (SSSR count). The molecule has 3 heterocycles. The fourth-order valence-corrected chi connectivity index (χ4v) is 3.06. The molecule has 9 nitrogen and oxygen atoms in total. The maximum absolute atomic E-state index is 12.4. The van der Waals surface area contributed by atoms with Crippen molar-refractivity contribution in [3.63, 3.8) is 0 Å². The Hall–Kier alpha value is -3.15. The van der Waals surface area contributed by atoms with Crippen molar-refractivity contribution in [2.24, 2.45) is 0 Å². The van der Waals surface area contributed by atoms with Crippen LogP contribution in [0.1, 0.15) is 31.0 Å². The molecule has 0 fully saturated rings. The molecule has 1 atom stereocenters. The number of nitrogens with zero attached hydrogens (tertiary/aromatic N) is 4. The third kappa shape index (κ3) is 6.94. The Morgan fingerprint density at radius 2 is 2.00 bits per heavy atom. The maximum atomic E-state index is 12.4. The van der Waals surface area contributed by atoms with Gasteiger partial charge in [-0.15, -0.1) is 0 Å². The van der Waals surface area contributed by atoms with Gasteiger partial charge in [0.15, 0.2) is 0 Å². The summed E-state index contributed by atoms with van der Waals surface area (Å²) in [6, 6.07) is 3.72. The lowest BCUT2D eigenvalue weighted by Crippen LogP contribution is -2.42. The Bertz CT molecular complexity index is 889. The van der Waals surface area contributed by atoms with Crippen LogP contribution in [0.2, 0.25) is 0 Å². The van der Waals surface area contributed by atoms with Gasteiger partial charge >= 0.3 is 12.1 Å². The summed E-state index contributed by atoms with van der Waals surface area (Å²) in [6.45, 7) is 7.01. The zero-order chi connectivity index (χ0) is 23.7. The number of fused-ring (bicyclic) bond motifs is 1. The number of alkyl halides is 3. The van der Waals surface area contributed by atoms with Crippen LogP contribution < -0.4 is 4.74 Å². The van der Waals surface area contributed by atoms with E-state index in [1.807, 2.05) is 34.8 Å². The van der Waals surface area contributed by atoms with E-state index >= 15 is 0 Å². The number of halogens is 3. The molecule has 0 aliphatic carbocycles. The first-order valence-corrected chi connectivity index (χ1v) is 9.90. The van der Waals surface area contributed by atoms with Crippen LogP contribution in [-0.2, 0) is 27.4 Å². The van der Waals surface area contributed by atoms with Crippen molar-refractivity contribution < 1.29 is 37.3 Å². The molecule has 0 aromatic carbocycles.